The van der Waals surface area contributed by atoms with Crippen molar-refractivity contribution in [2.75, 3.05) is 46.0 Å². The first kappa shape index (κ1) is 15.4. The molecule has 1 saturated heterocycles. The second-order valence-electron chi connectivity index (χ2n) is 5.66. The molecule has 2 N–H and O–H groups in total. The Bertz CT molecular complexity index is 251. The number of carbonyl (C=O) groups excluding carboxylic acids is 1. The van der Waals surface area contributed by atoms with Crippen molar-refractivity contribution < 1.29 is 14.6 Å². The van der Waals surface area contributed by atoms with Gasteiger partial charge >= 0.3 is 0 Å². The van der Waals surface area contributed by atoms with Gasteiger partial charge in [0.25, 0.3) is 0 Å². The van der Waals surface area contributed by atoms with Crippen LogP contribution in [0.5, 0.6) is 0 Å². The molecule has 1 aliphatic heterocycles. The van der Waals surface area contributed by atoms with Gasteiger partial charge in [-0.1, -0.05) is 13.8 Å². The fraction of sp³-hybridized carbons (Fsp3) is 0.923. The van der Waals surface area contributed by atoms with Crippen molar-refractivity contribution >= 4 is 5.91 Å². The van der Waals surface area contributed by atoms with Gasteiger partial charge in [-0.3, -0.25) is 9.69 Å². The first-order chi connectivity index (χ1) is 8.53. The fourth-order valence-electron chi connectivity index (χ4n) is 1.89. The van der Waals surface area contributed by atoms with Gasteiger partial charge < -0.3 is 15.2 Å². The lowest BCUT2D eigenvalue weighted by molar-refractivity contribution is -0.123. The lowest BCUT2D eigenvalue weighted by Gasteiger charge is -2.26. The SMILES string of the molecule is CC(C)(CO)CCCNC(=O)CN1CCOCC1. The molecule has 1 aliphatic rings. The zero-order valence-electron chi connectivity index (χ0n) is 11.6. The van der Waals surface area contributed by atoms with Crippen LogP contribution < -0.4 is 5.32 Å². The minimum Gasteiger partial charge on any atom is -0.396 e. The van der Waals surface area contributed by atoms with Crippen LogP contribution in [-0.4, -0.2) is 61.9 Å². The number of nitrogens with one attached hydrogen (secondary N) is 1. The topological polar surface area (TPSA) is 61.8 Å². The number of amides is 1. The van der Waals surface area contributed by atoms with Gasteiger partial charge in [0.2, 0.25) is 5.91 Å². The van der Waals surface area contributed by atoms with Crippen LogP contribution in [0.25, 0.3) is 0 Å². The van der Waals surface area contributed by atoms with Gasteiger partial charge in [-0.05, 0) is 18.3 Å². The molecule has 5 heteroatoms. The Balaban J connectivity index is 2.06. The predicted octanol–water partition coefficient (Wildman–Crippen LogP) is 0.234. The largest absolute Gasteiger partial charge is 0.396 e. The van der Waals surface area contributed by atoms with Crippen molar-refractivity contribution in [2.24, 2.45) is 5.41 Å². The summed E-state index contributed by atoms with van der Waals surface area (Å²) in [7, 11) is 0. The molecular weight excluding hydrogens is 232 g/mol. The zero-order chi connectivity index (χ0) is 13.4. The monoisotopic (exact) mass is 258 g/mol. The highest BCUT2D eigenvalue weighted by molar-refractivity contribution is 5.77. The van der Waals surface area contributed by atoms with Gasteiger partial charge in [-0.2, -0.15) is 0 Å². The fourth-order valence-corrected chi connectivity index (χ4v) is 1.89. The van der Waals surface area contributed by atoms with E-state index in [1.165, 1.54) is 0 Å². The van der Waals surface area contributed by atoms with Crippen molar-refractivity contribution in [1.82, 2.24) is 10.2 Å². The van der Waals surface area contributed by atoms with E-state index in [4.69, 9.17) is 9.84 Å². The Morgan fingerprint density at radius 1 is 1.39 bits per heavy atom. The van der Waals surface area contributed by atoms with Gasteiger partial charge in [0.1, 0.15) is 0 Å². The van der Waals surface area contributed by atoms with E-state index in [0.717, 1.165) is 39.1 Å². The van der Waals surface area contributed by atoms with Crippen LogP contribution in [0, 0.1) is 5.41 Å². The van der Waals surface area contributed by atoms with Crippen molar-refractivity contribution in [2.45, 2.75) is 26.7 Å². The van der Waals surface area contributed by atoms with E-state index in [1.807, 2.05) is 13.8 Å². The first-order valence-electron chi connectivity index (χ1n) is 6.71. The third kappa shape index (κ3) is 6.33. The minimum absolute atomic E-state index is 0.0467. The number of ether oxygens (including phenoxy) is 1. The highest BCUT2D eigenvalue weighted by Gasteiger charge is 2.16. The van der Waals surface area contributed by atoms with Gasteiger partial charge in [0.05, 0.1) is 19.8 Å². The Kier molecular flexibility index (Phi) is 6.60. The van der Waals surface area contributed by atoms with Crippen molar-refractivity contribution in [3.63, 3.8) is 0 Å². The molecule has 18 heavy (non-hydrogen) atoms. The summed E-state index contributed by atoms with van der Waals surface area (Å²) in [6, 6.07) is 0. The predicted molar refractivity (Wildman–Crippen MR) is 70.4 cm³/mol. The quantitative estimate of drug-likeness (QED) is 0.642. The van der Waals surface area contributed by atoms with Crippen LogP contribution in [0.4, 0.5) is 0 Å². The Hall–Kier alpha value is -0.650. The highest BCUT2D eigenvalue weighted by atomic mass is 16.5. The third-order valence-electron chi connectivity index (χ3n) is 3.25. The maximum Gasteiger partial charge on any atom is 0.234 e. The van der Waals surface area contributed by atoms with Crippen LogP contribution in [-0.2, 0) is 9.53 Å². The summed E-state index contributed by atoms with van der Waals surface area (Å²) in [5, 5.41) is 12.0. The van der Waals surface area contributed by atoms with Gasteiger partial charge in [0.15, 0.2) is 0 Å². The number of carbonyl (C=O) groups is 1. The lowest BCUT2D eigenvalue weighted by Crippen LogP contribution is -2.43. The molecule has 0 aromatic rings. The molecule has 0 atom stereocenters. The molecule has 0 bridgehead atoms. The number of morpholine rings is 1. The number of rotatable bonds is 7. The minimum atomic E-state index is -0.0467. The molecule has 0 aliphatic carbocycles. The summed E-state index contributed by atoms with van der Waals surface area (Å²) < 4.78 is 5.23. The molecule has 0 unspecified atom stereocenters. The average Bonchev–Trinajstić information content (AvgIpc) is 2.36. The molecule has 0 spiro atoms. The lowest BCUT2D eigenvalue weighted by atomic mass is 9.89. The maximum atomic E-state index is 11.7. The summed E-state index contributed by atoms with van der Waals surface area (Å²) in [4.78, 5) is 13.8. The van der Waals surface area contributed by atoms with Crippen molar-refractivity contribution in [3.8, 4) is 0 Å². The number of aliphatic hydroxyl groups is 1. The summed E-state index contributed by atoms with van der Waals surface area (Å²) in [6.07, 6.45) is 1.82. The normalized spacial score (nSPS) is 17.7. The van der Waals surface area contributed by atoms with Crippen LogP contribution >= 0.6 is 0 Å². The Morgan fingerprint density at radius 3 is 2.67 bits per heavy atom. The molecule has 1 fully saturated rings. The number of hydrogen-bond donors (Lipinski definition) is 2. The van der Waals surface area contributed by atoms with Gasteiger partial charge in [0, 0.05) is 26.2 Å². The Morgan fingerprint density at radius 2 is 2.06 bits per heavy atom. The van der Waals surface area contributed by atoms with E-state index in [0.29, 0.717) is 13.1 Å². The summed E-state index contributed by atoms with van der Waals surface area (Å²) in [5.41, 5.74) is -0.0467. The summed E-state index contributed by atoms with van der Waals surface area (Å²) in [5.74, 6) is 0.0821. The molecule has 5 nitrogen and oxygen atoms in total. The van der Waals surface area contributed by atoms with Crippen molar-refractivity contribution in [3.05, 3.63) is 0 Å². The van der Waals surface area contributed by atoms with E-state index in [1.54, 1.807) is 0 Å². The van der Waals surface area contributed by atoms with E-state index in [2.05, 4.69) is 10.2 Å². The van der Waals surface area contributed by atoms with Crippen LogP contribution in [0.1, 0.15) is 26.7 Å². The zero-order valence-corrected chi connectivity index (χ0v) is 11.6. The van der Waals surface area contributed by atoms with E-state index < -0.39 is 0 Å². The second-order valence-corrected chi connectivity index (χ2v) is 5.66. The molecule has 106 valence electrons. The van der Waals surface area contributed by atoms with E-state index in [9.17, 15) is 4.79 Å². The molecule has 0 radical (unpaired) electrons. The second kappa shape index (κ2) is 7.71. The van der Waals surface area contributed by atoms with Gasteiger partial charge in [-0.25, -0.2) is 0 Å². The summed E-state index contributed by atoms with van der Waals surface area (Å²) >= 11 is 0. The molecule has 1 amide bonds. The summed E-state index contributed by atoms with van der Waals surface area (Å²) in [6.45, 7) is 8.52. The molecule has 1 rings (SSSR count). The van der Waals surface area contributed by atoms with Crippen LogP contribution in [0.15, 0.2) is 0 Å². The molecule has 1 heterocycles. The number of hydrogen-bond acceptors (Lipinski definition) is 4. The number of aliphatic hydroxyl groups excluding tert-OH is 1. The molecule has 0 aromatic carbocycles. The van der Waals surface area contributed by atoms with Crippen molar-refractivity contribution in [1.29, 1.82) is 0 Å². The van der Waals surface area contributed by atoms with Crippen LogP contribution in [0.3, 0.4) is 0 Å². The average molecular weight is 258 g/mol. The standard InChI is InChI=1S/C13H26N2O3/c1-13(2,11-16)4-3-5-14-12(17)10-15-6-8-18-9-7-15/h16H,3-11H2,1-2H3,(H,14,17). The highest BCUT2D eigenvalue weighted by Crippen LogP contribution is 2.20. The smallest absolute Gasteiger partial charge is 0.234 e. The first-order valence-corrected chi connectivity index (χ1v) is 6.71. The van der Waals surface area contributed by atoms with E-state index in [-0.39, 0.29) is 17.9 Å². The third-order valence-corrected chi connectivity index (χ3v) is 3.25. The van der Waals surface area contributed by atoms with Gasteiger partial charge in [-0.15, -0.1) is 0 Å². The Labute approximate surface area is 109 Å². The van der Waals surface area contributed by atoms with E-state index >= 15 is 0 Å². The maximum absolute atomic E-state index is 11.7. The molecular formula is C13H26N2O3. The molecule has 0 aromatic heterocycles. The van der Waals surface area contributed by atoms with Crippen LogP contribution in [0.2, 0.25) is 0 Å². The number of nitrogens with zero attached hydrogens (tertiary/aromatic N) is 1. The molecule has 0 saturated carbocycles.